The molecular weight excluding hydrogens is 485 g/mol. The maximum atomic E-state index is 13.1. The number of aromatic nitrogens is 5. The number of pyridine rings is 1. The fourth-order valence-corrected chi connectivity index (χ4v) is 4.62. The standard InChI is InChI=1S/C25H27F3N8O/c1-14-10-19(25(26,27)28)34-36(14)16-6-7-20(31-11-16)35-9-8-18(30-2)17(12-35)22(29)21-23(15-4-5-15)32-13-33-24(21)37-3/h6-7,10-11,13,15,29-30H,4-5,8-9,12H2,1-3H3. The quantitative estimate of drug-likeness (QED) is 0.461. The molecule has 5 rings (SSSR count). The van der Waals surface area contributed by atoms with Gasteiger partial charge in [0.1, 0.15) is 12.1 Å². The third-order valence-electron chi connectivity index (χ3n) is 6.68. The molecular formula is C25H27F3N8O. The molecule has 12 heteroatoms. The second-order valence-electron chi connectivity index (χ2n) is 9.13. The number of anilines is 1. The molecule has 1 fully saturated rings. The van der Waals surface area contributed by atoms with Gasteiger partial charge in [-0.25, -0.2) is 19.6 Å². The van der Waals surface area contributed by atoms with Gasteiger partial charge in [0.25, 0.3) is 0 Å². The summed E-state index contributed by atoms with van der Waals surface area (Å²) in [5, 5.41) is 16.1. The molecule has 194 valence electrons. The summed E-state index contributed by atoms with van der Waals surface area (Å²) in [5.41, 5.74) is 3.39. The second kappa shape index (κ2) is 9.49. The van der Waals surface area contributed by atoms with Crippen molar-refractivity contribution in [1.29, 1.82) is 5.41 Å². The van der Waals surface area contributed by atoms with Gasteiger partial charge in [0.05, 0.1) is 36.0 Å². The molecule has 0 unspecified atom stereocenters. The van der Waals surface area contributed by atoms with Crippen LogP contribution in [0.1, 0.15) is 47.8 Å². The van der Waals surface area contributed by atoms with E-state index in [4.69, 9.17) is 10.1 Å². The zero-order valence-corrected chi connectivity index (χ0v) is 20.7. The number of alkyl halides is 3. The van der Waals surface area contributed by atoms with E-state index in [9.17, 15) is 13.2 Å². The van der Waals surface area contributed by atoms with Crippen LogP contribution >= 0.6 is 0 Å². The van der Waals surface area contributed by atoms with E-state index in [1.54, 1.807) is 26.2 Å². The van der Waals surface area contributed by atoms with E-state index in [-0.39, 0.29) is 0 Å². The zero-order valence-electron chi connectivity index (χ0n) is 20.7. The summed E-state index contributed by atoms with van der Waals surface area (Å²) in [6.45, 7) is 2.65. The van der Waals surface area contributed by atoms with Crippen molar-refractivity contribution in [2.75, 3.05) is 32.1 Å². The van der Waals surface area contributed by atoms with Crippen molar-refractivity contribution >= 4 is 11.5 Å². The summed E-state index contributed by atoms with van der Waals surface area (Å²) in [4.78, 5) is 15.3. The summed E-state index contributed by atoms with van der Waals surface area (Å²) >= 11 is 0. The van der Waals surface area contributed by atoms with Gasteiger partial charge >= 0.3 is 6.18 Å². The number of rotatable bonds is 7. The van der Waals surface area contributed by atoms with Gasteiger partial charge in [0, 0.05) is 49.4 Å². The Kier molecular flexibility index (Phi) is 6.34. The lowest BCUT2D eigenvalue weighted by Crippen LogP contribution is -2.37. The smallest absolute Gasteiger partial charge is 0.435 e. The largest absolute Gasteiger partial charge is 0.480 e. The molecule has 1 saturated carbocycles. The third-order valence-corrected chi connectivity index (χ3v) is 6.68. The van der Waals surface area contributed by atoms with Crippen LogP contribution < -0.4 is 15.0 Å². The summed E-state index contributed by atoms with van der Waals surface area (Å²) in [6.07, 6.45) is 1.20. The molecule has 0 atom stereocenters. The van der Waals surface area contributed by atoms with Crippen LogP contribution in [0.5, 0.6) is 5.88 Å². The average molecular weight is 513 g/mol. The van der Waals surface area contributed by atoms with Crippen molar-refractivity contribution < 1.29 is 17.9 Å². The van der Waals surface area contributed by atoms with E-state index >= 15 is 0 Å². The van der Waals surface area contributed by atoms with E-state index in [0.717, 1.165) is 35.9 Å². The van der Waals surface area contributed by atoms with Crippen molar-refractivity contribution in [1.82, 2.24) is 30.0 Å². The van der Waals surface area contributed by atoms with Crippen molar-refractivity contribution in [3.05, 3.63) is 64.6 Å². The first-order valence-corrected chi connectivity index (χ1v) is 11.9. The minimum absolute atomic E-state index is 0.309. The van der Waals surface area contributed by atoms with Crippen molar-refractivity contribution in [3.63, 3.8) is 0 Å². The normalized spacial score (nSPS) is 16.2. The van der Waals surface area contributed by atoms with E-state index in [0.29, 0.717) is 59.8 Å². The number of nitrogens with zero attached hydrogens (tertiary/aromatic N) is 6. The first kappa shape index (κ1) is 24.7. The van der Waals surface area contributed by atoms with Crippen LogP contribution in [0.4, 0.5) is 19.0 Å². The SMILES string of the molecule is CNC1=C(C(=N)c2c(OC)ncnc2C2CC2)CN(c2ccc(-n3nc(C(F)(F)F)cc3C)cn2)CC1. The molecule has 0 saturated heterocycles. The predicted octanol–water partition coefficient (Wildman–Crippen LogP) is 4.02. The predicted molar refractivity (Wildman–Crippen MR) is 131 cm³/mol. The van der Waals surface area contributed by atoms with Crippen LogP contribution in [0.3, 0.4) is 0 Å². The topological polar surface area (TPSA) is 105 Å². The Balaban J connectivity index is 1.42. The fraction of sp³-hybridized carbons (Fsp3) is 0.400. The maximum absolute atomic E-state index is 13.1. The number of aryl methyl sites for hydroxylation is 1. The van der Waals surface area contributed by atoms with E-state index in [1.165, 1.54) is 17.2 Å². The van der Waals surface area contributed by atoms with Crippen LogP contribution in [0.15, 0.2) is 42.0 Å². The molecule has 0 bridgehead atoms. The van der Waals surface area contributed by atoms with Crippen LogP contribution in [-0.4, -0.2) is 57.7 Å². The van der Waals surface area contributed by atoms with Gasteiger partial charge in [-0.2, -0.15) is 18.3 Å². The first-order valence-electron chi connectivity index (χ1n) is 11.9. The Bertz CT molecular complexity index is 1360. The van der Waals surface area contributed by atoms with Crippen molar-refractivity contribution in [2.24, 2.45) is 0 Å². The highest BCUT2D eigenvalue weighted by atomic mass is 19.4. The van der Waals surface area contributed by atoms with E-state index in [1.807, 2.05) is 11.9 Å². The maximum Gasteiger partial charge on any atom is 0.435 e. The van der Waals surface area contributed by atoms with Crippen LogP contribution in [0, 0.1) is 12.3 Å². The summed E-state index contributed by atoms with van der Waals surface area (Å²) in [5.74, 6) is 1.35. The molecule has 37 heavy (non-hydrogen) atoms. The molecule has 0 radical (unpaired) electrons. The Morgan fingerprint density at radius 3 is 2.57 bits per heavy atom. The number of halogens is 3. The minimum Gasteiger partial charge on any atom is -0.480 e. The summed E-state index contributed by atoms with van der Waals surface area (Å²) < 4.78 is 45.9. The Morgan fingerprint density at radius 1 is 1.19 bits per heavy atom. The third kappa shape index (κ3) is 4.75. The summed E-state index contributed by atoms with van der Waals surface area (Å²) in [6, 6.07) is 4.47. The molecule has 0 amide bonds. The number of ether oxygens (including phenoxy) is 1. The number of hydrogen-bond acceptors (Lipinski definition) is 8. The number of nitrogens with one attached hydrogen (secondary N) is 2. The molecule has 1 aliphatic heterocycles. The molecule has 2 aliphatic rings. The minimum atomic E-state index is -4.51. The molecule has 0 spiro atoms. The molecule has 3 aromatic heterocycles. The number of hydrogen-bond donors (Lipinski definition) is 2. The lowest BCUT2D eigenvalue weighted by Gasteiger charge is -2.32. The van der Waals surface area contributed by atoms with Crippen molar-refractivity contribution in [2.45, 2.75) is 38.3 Å². The monoisotopic (exact) mass is 512 g/mol. The zero-order chi connectivity index (χ0) is 26.3. The van der Waals surface area contributed by atoms with E-state index in [2.05, 4.69) is 25.4 Å². The first-order chi connectivity index (χ1) is 17.7. The van der Waals surface area contributed by atoms with Gasteiger partial charge in [0.15, 0.2) is 5.69 Å². The average Bonchev–Trinajstić information content (AvgIpc) is 3.67. The fourth-order valence-electron chi connectivity index (χ4n) is 4.62. The lowest BCUT2D eigenvalue weighted by molar-refractivity contribution is -0.141. The Hall–Kier alpha value is -3.96. The van der Waals surface area contributed by atoms with Crippen LogP contribution in [0.25, 0.3) is 5.69 Å². The van der Waals surface area contributed by atoms with Gasteiger partial charge in [-0.3, -0.25) is 5.41 Å². The van der Waals surface area contributed by atoms with E-state index < -0.39 is 11.9 Å². The molecule has 9 nitrogen and oxygen atoms in total. The molecule has 2 N–H and O–H groups in total. The Morgan fingerprint density at radius 2 is 1.97 bits per heavy atom. The van der Waals surface area contributed by atoms with Gasteiger partial charge in [0.2, 0.25) is 5.88 Å². The molecule has 1 aliphatic carbocycles. The lowest BCUT2D eigenvalue weighted by atomic mass is 9.94. The number of methoxy groups -OCH3 is 1. The van der Waals surface area contributed by atoms with Crippen molar-refractivity contribution in [3.8, 4) is 11.6 Å². The highest BCUT2D eigenvalue weighted by Crippen LogP contribution is 2.43. The Labute approximate surface area is 211 Å². The van der Waals surface area contributed by atoms with Crippen LogP contribution in [-0.2, 0) is 6.18 Å². The molecule has 0 aromatic carbocycles. The molecule has 4 heterocycles. The summed E-state index contributed by atoms with van der Waals surface area (Å²) in [7, 11) is 3.38. The molecule has 3 aromatic rings. The second-order valence-corrected chi connectivity index (χ2v) is 9.13. The van der Waals surface area contributed by atoms with Crippen LogP contribution in [0.2, 0.25) is 0 Å². The van der Waals surface area contributed by atoms with Gasteiger partial charge in [-0.05, 0) is 38.0 Å². The van der Waals surface area contributed by atoms with Gasteiger partial charge in [-0.15, -0.1) is 0 Å². The van der Waals surface area contributed by atoms with Gasteiger partial charge in [-0.1, -0.05) is 0 Å². The highest BCUT2D eigenvalue weighted by Gasteiger charge is 2.35. The highest BCUT2D eigenvalue weighted by molar-refractivity contribution is 6.13. The van der Waals surface area contributed by atoms with Gasteiger partial charge < -0.3 is 15.0 Å².